The summed E-state index contributed by atoms with van der Waals surface area (Å²) in [5.74, 6) is 0. The van der Waals surface area contributed by atoms with E-state index in [0.717, 1.165) is 3.57 Å². The van der Waals surface area contributed by atoms with Crippen molar-refractivity contribution in [1.82, 2.24) is 0 Å². The maximum absolute atomic E-state index is 10.8. The van der Waals surface area contributed by atoms with Crippen molar-refractivity contribution in [1.29, 1.82) is 0 Å². The van der Waals surface area contributed by atoms with Crippen molar-refractivity contribution >= 4 is 15.8 Å². The second-order valence-corrected chi connectivity index (χ2v) is 8.32. The number of nitro groups is 1. The number of hydrogen-bond donors (Lipinski definition) is 0. The van der Waals surface area contributed by atoms with Gasteiger partial charge in [-0.1, -0.05) is 30.3 Å². The Balaban J connectivity index is 0.000000307. The standard InChI is InChI=1S/C12H9INO2.CHF3O3S/c15-14(16)12-9-5-4-8-11(12)13-10-6-2-1-3-7-10;2-1(3,4)8(5,6)7/h1-9H;(H,5,6,7)/q+1;/p-1. The molecule has 0 heterocycles. The van der Waals surface area contributed by atoms with Crippen molar-refractivity contribution in [2.75, 3.05) is 0 Å². The molecule has 0 radical (unpaired) electrons. The molecule has 0 aliphatic rings. The van der Waals surface area contributed by atoms with Gasteiger partial charge in [-0.05, 0) is 18.2 Å². The van der Waals surface area contributed by atoms with Gasteiger partial charge in [0.15, 0.2) is 13.7 Å². The van der Waals surface area contributed by atoms with E-state index in [1.54, 1.807) is 12.1 Å². The Morgan fingerprint density at radius 3 is 1.88 bits per heavy atom. The monoisotopic (exact) mass is 475 g/mol. The SMILES string of the molecule is O=S(=O)([O-])C(F)(F)F.O=[N+]([O-])c1ccccc1[I+]c1ccccc1. The molecule has 2 aromatic rings. The molecule has 130 valence electrons. The maximum Gasteiger partial charge on any atom is 0.485 e. The van der Waals surface area contributed by atoms with E-state index in [2.05, 4.69) is 0 Å². The highest BCUT2D eigenvalue weighted by molar-refractivity contribution is 7.86. The molecule has 0 fully saturated rings. The molecule has 24 heavy (non-hydrogen) atoms. The Morgan fingerprint density at radius 1 is 0.958 bits per heavy atom. The molecule has 0 N–H and O–H groups in total. The van der Waals surface area contributed by atoms with E-state index >= 15 is 0 Å². The number of para-hydroxylation sites is 1. The number of halogens is 4. The first-order valence-electron chi connectivity index (χ1n) is 5.98. The molecule has 2 rings (SSSR count). The quantitative estimate of drug-likeness (QED) is 0.201. The topological polar surface area (TPSA) is 100 Å². The average molecular weight is 475 g/mol. The number of rotatable bonds is 3. The van der Waals surface area contributed by atoms with Gasteiger partial charge in [-0.25, -0.2) is 8.42 Å². The third-order valence-corrected chi connectivity index (χ3v) is 5.68. The number of alkyl halides is 3. The van der Waals surface area contributed by atoms with Crippen LogP contribution in [-0.4, -0.2) is 23.4 Å². The predicted octanol–water partition coefficient (Wildman–Crippen LogP) is -0.225. The third kappa shape index (κ3) is 6.41. The minimum atomic E-state index is -6.09. The van der Waals surface area contributed by atoms with Crippen molar-refractivity contribution in [2.24, 2.45) is 0 Å². The summed E-state index contributed by atoms with van der Waals surface area (Å²) in [6.45, 7) is 0. The van der Waals surface area contributed by atoms with Gasteiger partial charge in [-0.15, -0.1) is 0 Å². The van der Waals surface area contributed by atoms with Gasteiger partial charge < -0.3 is 4.55 Å². The Morgan fingerprint density at radius 2 is 1.42 bits per heavy atom. The molecule has 0 atom stereocenters. The normalized spacial score (nSPS) is 11.3. The first kappa shape index (κ1) is 20.3. The van der Waals surface area contributed by atoms with Crippen LogP contribution in [0.2, 0.25) is 0 Å². The molecular formula is C13H9F3INO5S. The van der Waals surface area contributed by atoms with Gasteiger partial charge in [0.25, 0.3) is 3.57 Å². The zero-order valence-corrected chi connectivity index (χ0v) is 14.6. The smallest absolute Gasteiger partial charge is 0.485 e. The van der Waals surface area contributed by atoms with Crippen molar-refractivity contribution in [3.05, 3.63) is 71.9 Å². The molecule has 0 amide bonds. The minimum Gasteiger partial charge on any atom is -0.741 e. The van der Waals surface area contributed by atoms with Crippen molar-refractivity contribution in [2.45, 2.75) is 5.51 Å². The fourth-order valence-corrected chi connectivity index (χ4v) is 3.76. The second kappa shape index (κ2) is 8.39. The lowest BCUT2D eigenvalue weighted by molar-refractivity contribution is -0.605. The van der Waals surface area contributed by atoms with Crippen LogP contribution < -0.4 is 21.2 Å². The first-order chi connectivity index (χ1) is 11.0. The van der Waals surface area contributed by atoms with E-state index < -0.39 is 36.8 Å². The van der Waals surface area contributed by atoms with Gasteiger partial charge in [-0.3, -0.25) is 10.1 Å². The molecule has 0 bridgehead atoms. The summed E-state index contributed by atoms with van der Waals surface area (Å²) in [4.78, 5) is 10.5. The summed E-state index contributed by atoms with van der Waals surface area (Å²) in [7, 11) is -6.09. The molecular weight excluding hydrogens is 466 g/mol. The third-order valence-electron chi connectivity index (χ3n) is 2.28. The lowest BCUT2D eigenvalue weighted by Crippen LogP contribution is -3.61. The number of nitro benzene ring substituents is 1. The Bertz CT molecular complexity index is 797. The lowest BCUT2D eigenvalue weighted by Gasteiger charge is -2.08. The largest absolute Gasteiger partial charge is 0.741 e. The Hall–Kier alpha value is -1.73. The van der Waals surface area contributed by atoms with Crippen LogP contribution in [0.25, 0.3) is 0 Å². The van der Waals surface area contributed by atoms with Gasteiger partial charge in [0, 0.05) is 6.07 Å². The molecule has 0 aliphatic heterocycles. The highest BCUT2D eigenvalue weighted by Gasteiger charge is 2.36. The lowest BCUT2D eigenvalue weighted by atomic mass is 10.3. The van der Waals surface area contributed by atoms with E-state index in [-0.39, 0.29) is 10.6 Å². The highest BCUT2D eigenvalue weighted by atomic mass is 127. The zero-order valence-electron chi connectivity index (χ0n) is 11.6. The van der Waals surface area contributed by atoms with Crippen LogP contribution in [0, 0.1) is 17.3 Å². The second-order valence-electron chi connectivity index (χ2n) is 4.00. The van der Waals surface area contributed by atoms with Crippen LogP contribution in [0.3, 0.4) is 0 Å². The maximum atomic E-state index is 10.8. The summed E-state index contributed by atoms with van der Waals surface area (Å²) in [6, 6.07) is 16.9. The summed E-state index contributed by atoms with van der Waals surface area (Å²) in [5.41, 5.74) is -5.41. The molecule has 0 unspecified atom stereocenters. The highest BCUT2D eigenvalue weighted by Crippen LogP contribution is 2.20. The van der Waals surface area contributed by atoms with Gasteiger partial charge in [0.2, 0.25) is 0 Å². The van der Waals surface area contributed by atoms with Crippen LogP contribution in [0.4, 0.5) is 18.9 Å². The first-order valence-corrected chi connectivity index (χ1v) is 9.54. The molecule has 0 saturated carbocycles. The van der Waals surface area contributed by atoms with Crippen LogP contribution in [-0.2, 0) is 10.1 Å². The van der Waals surface area contributed by atoms with E-state index in [9.17, 15) is 23.3 Å². The van der Waals surface area contributed by atoms with Crippen LogP contribution in [0.5, 0.6) is 0 Å². The summed E-state index contributed by atoms with van der Waals surface area (Å²) >= 11 is -0.468. The van der Waals surface area contributed by atoms with Gasteiger partial charge >= 0.3 is 32.4 Å². The van der Waals surface area contributed by atoms with E-state index in [4.69, 9.17) is 13.0 Å². The van der Waals surface area contributed by atoms with E-state index in [0.29, 0.717) is 0 Å². The van der Waals surface area contributed by atoms with Crippen molar-refractivity contribution in [3.63, 3.8) is 0 Å². The minimum absolute atomic E-state index is 0.235. The fraction of sp³-hybridized carbons (Fsp3) is 0.0769. The summed E-state index contributed by atoms with van der Waals surface area (Å²) in [6.07, 6.45) is 0. The predicted molar refractivity (Wildman–Crippen MR) is 72.7 cm³/mol. The molecule has 0 spiro atoms. The summed E-state index contributed by atoms with van der Waals surface area (Å²) in [5, 5.41) is 10.8. The van der Waals surface area contributed by atoms with E-state index in [1.807, 2.05) is 42.5 Å². The molecule has 11 heteroatoms. The number of benzene rings is 2. The van der Waals surface area contributed by atoms with Crippen LogP contribution >= 0.6 is 0 Å². The van der Waals surface area contributed by atoms with Crippen LogP contribution in [0.1, 0.15) is 0 Å². The van der Waals surface area contributed by atoms with Crippen LogP contribution in [0.15, 0.2) is 54.6 Å². The molecule has 6 nitrogen and oxygen atoms in total. The van der Waals surface area contributed by atoms with Crippen molar-refractivity contribution in [3.8, 4) is 0 Å². The average Bonchev–Trinajstić information content (AvgIpc) is 2.47. The Labute approximate surface area is 145 Å². The molecule has 0 aromatic heterocycles. The molecule has 0 saturated heterocycles. The number of hydrogen-bond acceptors (Lipinski definition) is 5. The summed E-state index contributed by atoms with van der Waals surface area (Å²) < 4.78 is 61.0. The Kier molecular flexibility index (Phi) is 7.10. The number of nitrogens with zero attached hydrogens (tertiary/aromatic N) is 1. The van der Waals surface area contributed by atoms with Gasteiger partial charge in [0.05, 0.1) is 4.92 Å². The molecule has 2 aromatic carbocycles. The van der Waals surface area contributed by atoms with Gasteiger partial charge in [-0.2, -0.15) is 13.2 Å². The van der Waals surface area contributed by atoms with Gasteiger partial charge in [0.1, 0.15) is 0 Å². The zero-order chi connectivity index (χ0) is 18.4. The molecule has 0 aliphatic carbocycles. The van der Waals surface area contributed by atoms with E-state index in [1.165, 1.54) is 3.57 Å². The van der Waals surface area contributed by atoms with Crippen molar-refractivity contribution < 1.29 is 52.3 Å². The fourth-order valence-electron chi connectivity index (χ4n) is 1.27.